The minimum Gasteiger partial charge on any atom is -0.392 e. The van der Waals surface area contributed by atoms with Gasteiger partial charge in [0.2, 0.25) is 17.7 Å². The number of aliphatic hydroxyl groups is 2. The lowest BCUT2D eigenvalue weighted by Gasteiger charge is -2.21. The monoisotopic (exact) mass is 320 g/mol. The number of nitrogens with two attached hydrogens (primary N) is 1. The summed E-state index contributed by atoms with van der Waals surface area (Å²) in [6.07, 6.45) is -0.561. The average Bonchev–Trinajstić information content (AvgIpc) is 3.07. The van der Waals surface area contributed by atoms with E-state index >= 15 is 0 Å². The Morgan fingerprint density at radius 1 is 1.68 bits per heavy atom. The second kappa shape index (κ2) is 5.26. The number of aromatic nitrogens is 2. The van der Waals surface area contributed by atoms with Gasteiger partial charge >= 0.3 is 0 Å². The summed E-state index contributed by atoms with van der Waals surface area (Å²) in [4.78, 5) is 10.9. The summed E-state index contributed by atoms with van der Waals surface area (Å²) in [6.45, 7) is 2.82. The van der Waals surface area contributed by atoms with Gasteiger partial charge in [-0.25, -0.2) is 4.98 Å². The summed E-state index contributed by atoms with van der Waals surface area (Å²) in [7, 11) is 0. The second-order valence-corrected chi connectivity index (χ2v) is 5.88. The number of ether oxygens (including phenoxy) is 1. The second-order valence-electron chi connectivity index (χ2n) is 5.00. The number of hydrogen-bond donors (Lipinski definition) is 3. The molecule has 0 saturated carbocycles. The Labute approximate surface area is 129 Å². The van der Waals surface area contributed by atoms with Crippen molar-refractivity contribution in [2.45, 2.75) is 23.9 Å². The van der Waals surface area contributed by atoms with Crippen molar-refractivity contribution in [1.82, 2.24) is 4.98 Å². The maximum atomic E-state index is 10.3. The van der Waals surface area contributed by atoms with E-state index < -0.39 is 30.5 Å². The summed E-state index contributed by atoms with van der Waals surface area (Å²) < 4.78 is 6.42. The number of nitriles is 1. The molecule has 1 aliphatic heterocycles. The van der Waals surface area contributed by atoms with Crippen LogP contribution in [0.25, 0.3) is 10.2 Å². The van der Waals surface area contributed by atoms with Crippen molar-refractivity contribution < 1.29 is 19.9 Å². The van der Waals surface area contributed by atoms with Crippen LogP contribution in [0, 0.1) is 11.3 Å². The highest BCUT2D eigenvalue weighted by Gasteiger charge is 2.56. The third-order valence-electron chi connectivity index (χ3n) is 3.84. The van der Waals surface area contributed by atoms with Crippen LogP contribution < -0.4 is 10.7 Å². The summed E-state index contributed by atoms with van der Waals surface area (Å²) in [6, 6.07) is 1.05. The van der Waals surface area contributed by atoms with Crippen LogP contribution in [0.3, 0.4) is 0 Å². The number of anilines is 1. The lowest BCUT2D eigenvalue weighted by atomic mass is 9.94. The van der Waals surface area contributed by atoms with Crippen LogP contribution in [0.15, 0.2) is 16.7 Å². The largest absolute Gasteiger partial charge is 0.392 e. The Balaban J connectivity index is 2.12. The fourth-order valence-corrected chi connectivity index (χ4v) is 3.59. The molecule has 4 atom stereocenters. The Bertz CT molecular complexity index is 773. The first-order chi connectivity index (χ1) is 10.6. The van der Waals surface area contributed by atoms with Crippen LogP contribution in [0.5, 0.6) is 0 Å². The van der Waals surface area contributed by atoms with E-state index in [1.807, 2.05) is 6.07 Å². The highest BCUT2D eigenvalue weighted by molar-refractivity contribution is 7.17. The van der Waals surface area contributed by atoms with Crippen molar-refractivity contribution in [1.29, 1.82) is 5.26 Å². The van der Waals surface area contributed by atoms with E-state index in [0.29, 0.717) is 16.9 Å². The summed E-state index contributed by atoms with van der Waals surface area (Å²) in [5.41, 5.74) is 5.41. The summed E-state index contributed by atoms with van der Waals surface area (Å²) in [5, 5.41) is 30.8. The van der Waals surface area contributed by atoms with Gasteiger partial charge in [0.05, 0.1) is 6.61 Å². The number of aliphatic hydroxyl groups excluding tert-OH is 2. The van der Waals surface area contributed by atoms with Gasteiger partial charge in [0.25, 0.3) is 0 Å². The SMILES string of the molecule is C=N[C@H]1[C@H](c2csc3c(N)[nH+]cnc23)O[C@](C#N)(CO)[C@H]1O. The molecular weight excluding hydrogens is 306 g/mol. The molecule has 3 heterocycles. The van der Waals surface area contributed by atoms with E-state index in [4.69, 9.17) is 10.5 Å². The predicted molar refractivity (Wildman–Crippen MR) is 79.2 cm³/mol. The Morgan fingerprint density at radius 3 is 3.09 bits per heavy atom. The van der Waals surface area contributed by atoms with Gasteiger partial charge in [0.15, 0.2) is 5.52 Å². The zero-order chi connectivity index (χ0) is 15.9. The topological polar surface area (TPSA) is 139 Å². The molecule has 0 unspecified atom stereocenters. The highest BCUT2D eigenvalue weighted by Crippen LogP contribution is 2.44. The molecular formula is C13H14N5O3S+. The number of fused-ring (bicyclic) bond motifs is 1. The molecule has 0 radical (unpaired) electrons. The zero-order valence-corrected chi connectivity index (χ0v) is 12.2. The number of nitrogen functional groups attached to an aromatic ring is 1. The molecule has 3 rings (SSSR count). The van der Waals surface area contributed by atoms with E-state index in [2.05, 4.69) is 21.7 Å². The fraction of sp³-hybridized carbons (Fsp3) is 0.385. The molecule has 114 valence electrons. The molecule has 0 spiro atoms. The molecule has 2 aromatic rings. The van der Waals surface area contributed by atoms with Gasteiger partial charge in [-0.05, 0) is 6.72 Å². The normalized spacial score (nSPS) is 31.2. The van der Waals surface area contributed by atoms with Crippen LogP contribution in [-0.4, -0.2) is 46.3 Å². The third kappa shape index (κ3) is 1.89. The molecule has 0 aliphatic carbocycles. The van der Waals surface area contributed by atoms with Gasteiger partial charge in [0.1, 0.15) is 29.0 Å². The van der Waals surface area contributed by atoms with Crippen molar-refractivity contribution in [3.05, 3.63) is 17.3 Å². The maximum Gasteiger partial charge on any atom is 0.237 e. The van der Waals surface area contributed by atoms with Gasteiger partial charge < -0.3 is 20.7 Å². The van der Waals surface area contributed by atoms with E-state index in [0.717, 1.165) is 4.70 Å². The molecule has 1 saturated heterocycles. The number of aliphatic imine (C=N–C) groups is 1. The number of aromatic amines is 1. The van der Waals surface area contributed by atoms with E-state index in [9.17, 15) is 15.5 Å². The highest BCUT2D eigenvalue weighted by atomic mass is 32.1. The van der Waals surface area contributed by atoms with Crippen molar-refractivity contribution in [3.8, 4) is 6.07 Å². The van der Waals surface area contributed by atoms with Gasteiger partial charge in [-0.1, -0.05) is 0 Å². The number of nitrogens with zero attached hydrogens (tertiary/aromatic N) is 3. The fourth-order valence-electron chi connectivity index (χ4n) is 2.63. The quantitative estimate of drug-likeness (QED) is 0.648. The molecule has 0 bridgehead atoms. The molecule has 0 aromatic carbocycles. The molecule has 1 fully saturated rings. The zero-order valence-electron chi connectivity index (χ0n) is 11.4. The first-order valence-corrected chi connectivity index (χ1v) is 7.33. The number of rotatable bonds is 3. The van der Waals surface area contributed by atoms with E-state index in [-0.39, 0.29) is 0 Å². The van der Waals surface area contributed by atoms with Crippen molar-refractivity contribution in [3.63, 3.8) is 0 Å². The molecule has 9 heteroatoms. The lowest BCUT2D eigenvalue weighted by molar-refractivity contribution is -0.363. The number of H-pyrrole nitrogens is 1. The third-order valence-corrected chi connectivity index (χ3v) is 4.86. The van der Waals surface area contributed by atoms with Crippen LogP contribution in [0.1, 0.15) is 11.7 Å². The summed E-state index contributed by atoms with van der Waals surface area (Å²) in [5.74, 6) is 0.469. The first-order valence-electron chi connectivity index (χ1n) is 6.45. The number of hydrogen-bond acceptors (Lipinski definition) is 8. The number of thiophene rings is 1. The molecule has 5 N–H and O–H groups in total. The summed E-state index contributed by atoms with van der Waals surface area (Å²) >= 11 is 1.37. The van der Waals surface area contributed by atoms with E-state index in [1.165, 1.54) is 17.7 Å². The molecule has 8 nitrogen and oxygen atoms in total. The van der Waals surface area contributed by atoms with Crippen molar-refractivity contribution in [2.24, 2.45) is 4.99 Å². The lowest BCUT2D eigenvalue weighted by Crippen LogP contribution is -2.44. The van der Waals surface area contributed by atoms with Crippen LogP contribution in [0.2, 0.25) is 0 Å². The molecule has 22 heavy (non-hydrogen) atoms. The maximum absolute atomic E-state index is 10.3. The standard InChI is InChI=1S/C13H13N5O3S/c1-16-8-9(21-13(3-14,4-19)11(8)20)6-2-22-10-7(6)17-5-18-12(10)15/h2,5,8-9,11,19-20H,1,4H2,(H2,15,17,18)/p+1/t8-,9-,11-,13+/m0/s1. The van der Waals surface area contributed by atoms with Gasteiger partial charge in [-0.3, -0.25) is 4.99 Å². The Kier molecular flexibility index (Phi) is 3.54. The van der Waals surface area contributed by atoms with Gasteiger partial charge in [0, 0.05) is 10.9 Å². The van der Waals surface area contributed by atoms with Gasteiger partial charge in [-0.2, -0.15) is 5.26 Å². The van der Waals surface area contributed by atoms with Crippen molar-refractivity contribution >= 4 is 34.1 Å². The average molecular weight is 320 g/mol. The molecule has 0 amide bonds. The Hall–Kier alpha value is -2.12. The van der Waals surface area contributed by atoms with Crippen LogP contribution in [0.4, 0.5) is 5.82 Å². The van der Waals surface area contributed by atoms with Crippen molar-refractivity contribution in [2.75, 3.05) is 12.3 Å². The smallest absolute Gasteiger partial charge is 0.237 e. The number of nitrogens with one attached hydrogen (secondary N) is 1. The minimum absolute atomic E-state index is 0.469. The molecule has 2 aromatic heterocycles. The predicted octanol–water partition coefficient (Wildman–Crippen LogP) is -0.551. The van der Waals surface area contributed by atoms with Crippen LogP contribution >= 0.6 is 11.3 Å². The Morgan fingerprint density at radius 2 is 2.45 bits per heavy atom. The first kappa shape index (κ1) is 14.8. The van der Waals surface area contributed by atoms with Crippen LogP contribution in [-0.2, 0) is 4.74 Å². The molecule has 1 aliphatic rings. The van der Waals surface area contributed by atoms with Gasteiger partial charge in [-0.15, -0.1) is 16.3 Å². The van der Waals surface area contributed by atoms with E-state index in [1.54, 1.807) is 5.38 Å². The minimum atomic E-state index is -1.72.